The van der Waals surface area contributed by atoms with Crippen LogP contribution in [0.2, 0.25) is 0 Å². The van der Waals surface area contributed by atoms with E-state index in [0.29, 0.717) is 36.0 Å². The standard InChI is InChI=1S/C20H27N3O3/c1-5-7-12-26-17-10-8-15(13-18(17)25-6-2)20(24)22-16-9-11-19(21-14-16)23(3)4/h8-11,13-14H,5-7,12H2,1-4H3,(H,22,24). The molecule has 140 valence electrons. The Morgan fingerprint density at radius 2 is 1.92 bits per heavy atom. The van der Waals surface area contributed by atoms with Crippen molar-refractivity contribution in [1.82, 2.24) is 4.98 Å². The Bertz CT molecular complexity index is 715. The molecular formula is C20H27N3O3. The minimum Gasteiger partial charge on any atom is -0.490 e. The lowest BCUT2D eigenvalue weighted by Crippen LogP contribution is -2.14. The maximum Gasteiger partial charge on any atom is 0.255 e. The van der Waals surface area contributed by atoms with Crippen LogP contribution in [0.3, 0.4) is 0 Å². The van der Waals surface area contributed by atoms with Gasteiger partial charge in [-0.2, -0.15) is 0 Å². The van der Waals surface area contributed by atoms with Crippen LogP contribution in [0.15, 0.2) is 36.5 Å². The fourth-order valence-electron chi connectivity index (χ4n) is 2.29. The van der Waals surface area contributed by atoms with Crippen LogP contribution >= 0.6 is 0 Å². The molecule has 0 bridgehead atoms. The molecule has 0 saturated heterocycles. The van der Waals surface area contributed by atoms with E-state index in [2.05, 4.69) is 17.2 Å². The third-order valence-corrected chi connectivity index (χ3v) is 3.73. The highest BCUT2D eigenvalue weighted by molar-refractivity contribution is 6.04. The molecule has 0 spiro atoms. The third kappa shape index (κ3) is 5.37. The number of anilines is 2. The van der Waals surface area contributed by atoms with Gasteiger partial charge in [0.15, 0.2) is 11.5 Å². The number of pyridine rings is 1. The van der Waals surface area contributed by atoms with Crippen molar-refractivity contribution < 1.29 is 14.3 Å². The van der Waals surface area contributed by atoms with Crippen LogP contribution in [-0.4, -0.2) is 38.2 Å². The Morgan fingerprint density at radius 3 is 2.54 bits per heavy atom. The summed E-state index contributed by atoms with van der Waals surface area (Å²) in [5, 5.41) is 2.85. The molecule has 0 radical (unpaired) electrons. The number of nitrogens with one attached hydrogen (secondary N) is 1. The van der Waals surface area contributed by atoms with Gasteiger partial charge in [-0.25, -0.2) is 4.98 Å². The highest BCUT2D eigenvalue weighted by Gasteiger charge is 2.12. The van der Waals surface area contributed by atoms with Gasteiger partial charge >= 0.3 is 0 Å². The quantitative estimate of drug-likeness (QED) is 0.688. The van der Waals surface area contributed by atoms with E-state index in [0.717, 1.165) is 18.7 Å². The van der Waals surface area contributed by atoms with Crippen molar-refractivity contribution >= 4 is 17.4 Å². The molecule has 0 aliphatic rings. The number of carbonyl (C=O) groups excluding carboxylic acids is 1. The molecule has 6 heteroatoms. The van der Waals surface area contributed by atoms with E-state index in [1.165, 1.54) is 0 Å². The fraction of sp³-hybridized carbons (Fsp3) is 0.400. The van der Waals surface area contributed by atoms with Crippen LogP contribution in [-0.2, 0) is 0 Å². The van der Waals surface area contributed by atoms with Gasteiger partial charge in [-0.05, 0) is 43.7 Å². The number of ether oxygens (including phenoxy) is 2. The second-order valence-corrected chi connectivity index (χ2v) is 6.05. The normalized spacial score (nSPS) is 10.3. The summed E-state index contributed by atoms with van der Waals surface area (Å²) in [6, 6.07) is 8.91. The summed E-state index contributed by atoms with van der Waals surface area (Å²) in [6.07, 6.45) is 3.67. The Hall–Kier alpha value is -2.76. The molecule has 1 amide bonds. The number of nitrogens with zero attached hydrogens (tertiary/aromatic N) is 2. The van der Waals surface area contributed by atoms with Crippen molar-refractivity contribution in [3.8, 4) is 11.5 Å². The molecule has 2 aromatic rings. The van der Waals surface area contributed by atoms with E-state index in [1.54, 1.807) is 24.4 Å². The molecule has 2 rings (SSSR count). The lowest BCUT2D eigenvalue weighted by molar-refractivity contribution is 0.102. The highest BCUT2D eigenvalue weighted by Crippen LogP contribution is 2.29. The molecule has 0 fully saturated rings. The zero-order valence-electron chi connectivity index (χ0n) is 15.9. The molecule has 0 aliphatic heterocycles. The smallest absolute Gasteiger partial charge is 0.255 e. The lowest BCUT2D eigenvalue weighted by Gasteiger charge is -2.14. The summed E-state index contributed by atoms with van der Waals surface area (Å²) in [5.74, 6) is 1.85. The molecule has 0 saturated carbocycles. The Labute approximate surface area is 155 Å². The maximum absolute atomic E-state index is 12.5. The average Bonchev–Trinajstić information content (AvgIpc) is 2.63. The van der Waals surface area contributed by atoms with Gasteiger partial charge in [-0.15, -0.1) is 0 Å². The van der Waals surface area contributed by atoms with Crippen molar-refractivity contribution in [3.05, 3.63) is 42.1 Å². The first kappa shape index (κ1) is 19.6. The van der Waals surface area contributed by atoms with Crippen molar-refractivity contribution in [2.24, 2.45) is 0 Å². The van der Waals surface area contributed by atoms with Crippen molar-refractivity contribution in [3.63, 3.8) is 0 Å². The van der Waals surface area contributed by atoms with E-state index in [4.69, 9.17) is 9.47 Å². The second-order valence-electron chi connectivity index (χ2n) is 6.05. The Morgan fingerprint density at radius 1 is 1.12 bits per heavy atom. The molecule has 1 aromatic carbocycles. The number of rotatable bonds is 9. The van der Waals surface area contributed by atoms with E-state index < -0.39 is 0 Å². The maximum atomic E-state index is 12.5. The van der Waals surface area contributed by atoms with Crippen LogP contribution in [0.5, 0.6) is 11.5 Å². The highest BCUT2D eigenvalue weighted by atomic mass is 16.5. The molecule has 1 N–H and O–H groups in total. The summed E-state index contributed by atoms with van der Waals surface area (Å²) in [7, 11) is 3.83. The van der Waals surface area contributed by atoms with Crippen molar-refractivity contribution in [2.75, 3.05) is 37.5 Å². The molecule has 1 aromatic heterocycles. The first-order valence-corrected chi connectivity index (χ1v) is 8.89. The summed E-state index contributed by atoms with van der Waals surface area (Å²) in [4.78, 5) is 18.7. The van der Waals surface area contributed by atoms with Crippen LogP contribution in [0.4, 0.5) is 11.5 Å². The third-order valence-electron chi connectivity index (χ3n) is 3.73. The van der Waals surface area contributed by atoms with Crippen molar-refractivity contribution in [1.29, 1.82) is 0 Å². The minimum absolute atomic E-state index is 0.217. The van der Waals surface area contributed by atoms with E-state index in [-0.39, 0.29) is 5.91 Å². The van der Waals surface area contributed by atoms with E-state index >= 15 is 0 Å². The van der Waals surface area contributed by atoms with Gasteiger partial charge in [0.25, 0.3) is 5.91 Å². The summed E-state index contributed by atoms with van der Waals surface area (Å²) in [6.45, 7) is 5.15. The minimum atomic E-state index is -0.217. The number of aromatic nitrogens is 1. The summed E-state index contributed by atoms with van der Waals surface area (Å²) in [5.41, 5.74) is 1.15. The van der Waals surface area contributed by atoms with Gasteiger partial charge in [0.05, 0.1) is 25.1 Å². The van der Waals surface area contributed by atoms with Crippen LogP contribution in [0.25, 0.3) is 0 Å². The summed E-state index contributed by atoms with van der Waals surface area (Å²) >= 11 is 0. The van der Waals surface area contributed by atoms with Gasteiger partial charge in [-0.3, -0.25) is 4.79 Å². The van der Waals surface area contributed by atoms with Gasteiger partial charge in [0.2, 0.25) is 0 Å². The fourth-order valence-corrected chi connectivity index (χ4v) is 2.29. The number of carbonyl (C=O) groups is 1. The van der Waals surface area contributed by atoms with Gasteiger partial charge < -0.3 is 19.7 Å². The molecular weight excluding hydrogens is 330 g/mol. The molecule has 0 unspecified atom stereocenters. The number of hydrogen-bond acceptors (Lipinski definition) is 5. The predicted octanol–water partition coefficient (Wildman–Crippen LogP) is 3.98. The topological polar surface area (TPSA) is 63.7 Å². The monoisotopic (exact) mass is 357 g/mol. The largest absolute Gasteiger partial charge is 0.490 e. The second kappa shape index (κ2) is 9.65. The molecule has 0 aliphatic carbocycles. The number of hydrogen-bond donors (Lipinski definition) is 1. The molecule has 0 atom stereocenters. The zero-order chi connectivity index (χ0) is 18.9. The number of unbranched alkanes of at least 4 members (excludes halogenated alkanes) is 1. The van der Waals surface area contributed by atoms with Gasteiger partial charge in [0, 0.05) is 19.7 Å². The predicted molar refractivity (Wildman–Crippen MR) is 105 cm³/mol. The Kier molecular flexibility index (Phi) is 7.26. The first-order valence-electron chi connectivity index (χ1n) is 8.89. The Balaban J connectivity index is 2.10. The van der Waals surface area contributed by atoms with E-state index in [1.807, 2.05) is 38.1 Å². The molecule has 26 heavy (non-hydrogen) atoms. The average molecular weight is 357 g/mol. The van der Waals surface area contributed by atoms with Crippen LogP contribution < -0.4 is 19.7 Å². The molecule has 6 nitrogen and oxygen atoms in total. The molecule has 1 heterocycles. The van der Waals surface area contributed by atoms with Crippen LogP contribution in [0, 0.1) is 0 Å². The zero-order valence-corrected chi connectivity index (χ0v) is 15.9. The first-order chi connectivity index (χ1) is 12.5. The number of benzene rings is 1. The van der Waals surface area contributed by atoms with Gasteiger partial charge in [0.1, 0.15) is 5.82 Å². The lowest BCUT2D eigenvalue weighted by atomic mass is 10.2. The van der Waals surface area contributed by atoms with Gasteiger partial charge in [-0.1, -0.05) is 13.3 Å². The van der Waals surface area contributed by atoms with Crippen LogP contribution in [0.1, 0.15) is 37.0 Å². The van der Waals surface area contributed by atoms with E-state index in [9.17, 15) is 4.79 Å². The summed E-state index contributed by atoms with van der Waals surface area (Å²) < 4.78 is 11.4. The van der Waals surface area contributed by atoms with Crippen molar-refractivity contribution in [2.45, 2.75) is 26.7 Å². The number of amides is 1. The SMILES string of the molecule is CCCCOc1ccc(C(=O)Nc2ccc(N(C)C)nc2)cc1OCC.